The lowest BCUT2D eigenvalue weighted by Crippen LogP contribution is -2.44. The molecule has 0 saturated carbocycles. The van der Waals surface area contributed by atoms with Gasteiger partial charge in [0.05, 0.1) is 5.92 Å². The number of amides is 2. The SMILES string of the molecule is Cc1ccc(S)cc1C(=O)N1CCCC(C(N)=O)C1. The highest BCUT2D eigenvalue weighted by Crippen LogP contribution is 2.21. The van der Waals surface area contributed by atoms with Crippen LogP contribution in [-0.2, 0) is 4.79 Å². The molecule has 1 atom stereocenters. The number of carbonyl (C=O) groups is 2. The molecule has 19 heavy (non-hydrogen) atoms. The summed E-state index contributed by atoms with van der Waals surface area (Å²) < 4.78 is 0. The molecule has 0 bridgehead atoms. The summed E-state index contributed by atoms with van der Waals surface area (Å²) in [5, 5.41) is 0. The molecule has 4 nitrogen and oxygen atoms in total. The summed E-state index contributed by atoms with van der Waals surface area (Å²) in [5.74, 6) is -0.589. The van der Waals surface area contributed by atoms with E-state index in [2.05, 4.69) is 12.6 Å². The molecule has 0 radical (unpaired) electrons. The topological polar surface area (TPSA) is 63.4 Å². The molecule has 1 unspecified atom stereocenters. The summed E-state index contributed by atoms with van der Waals surface area (Å²) >= 11 is 4.27. The molecule has 2 rings (SSSR count). The van der Waals surface area contributed by atoms with E-state index in [-0.39, 0.29) is 17.7 Å². The van der Waals surface area contributed by atoms with Crippen LogP contribution in [0.15, 0.2) is 23.1 Å². The van der Waals surface area contributed by atoms with E-state index in [0.717, 1.165) is 23.3 Å². The lowest BCUT2D eigenvalue weighted by Gasteiger charge is -2.31. The number of thiol groups is 1. The minimum atomic E-state index is -0.322. The van der Waals surface area contributed by atoms with Crippen LogP contribution < -0.4 is 5.73 Å². The van der Waals surface area contributed by atoms with Crippen LogP contribution in [0.2, 0.25) is 0 Å². The van der Waals surface area contributed by atoms with Gasteiger partial charge >= 0.3 is 0 Å². The Morgan fingerprint density at radius 3 is 2.84 bits per heavy atom. The number of rotatable bonds is 2. The summed E-state index contributed by atoms with van der Waals surface area (Å²) in [5.41, 5.74) is 6.90. The molecule has 1 heterocycles. The van der Waals surface area contributed by atoms with Gasteiger partial charge in [0, 0.05) is 23.5 Å². The number of hydrogen-bond donors (Lipinski definition) is 2. The highest BCUT2D eigenvalue weighted by atomic mass is 32.1. The maximum Gasteiger partial charge on any atom is 0.254 e. The minimum absolute atomic E-state index is 0.0423. The van der Waals surface area contributed by atoms with Crippen LogP contribution in [0, 0.1) is 12.8 Å². The Hall–Kier alpha value is -1.49. The number of aryl methyl sites for hydroxylation is 1. The molecule has 1 aromatic carbocycles. The average molecular weight is 278 g/mol. The Kier molecular flexibility index (Phi) is 4.14. The normalized spacial score (nSPS) is 19.3. The Bertz CT molecular complexity index is 516. The molecule has 1 aliphatic heterocycles. The van der Waals surface area contributed by atoms with Crippen LogP contribution in [0.5, 0.6) is 0 Å². The quantitative estimate of drug-likeness (QED) is 0.808. The number of hydrogen-bond acceptors (Lipinski definition) is 3. The first-order valence-corrected chi connectivity index (χ1v) is 6.82. The van der Waals surface area contributed by atoms with Gasteiger partial charge in [0.2, 0.25) is 5.91 Å². The Morgan fingerprint density at radius 1 is 1.42 bits per heavy atom. The second-order valence-electron chi connectivity index (χ2n) is 4.99. The lowest BCUT2D eigenvalue weighted by atomic mass is 9.96. The summed E-state index contributed by atoms with van der Waals surface area (Å²) in [6.07, 6.45) is 1.59. The Balaban J connectivity index is 2.19. The van der Waals surface area contributed by atoms with Crippen molar-refractivity contribution in [2.45, 2.75) is 24.7 Å². The molecule has 2 N–H and O–H groups in total. The van der Waals surface area contributed by atoms with E-state index in [1.807, 2.05) is 19.1 Å². The molecular weight excluding hydrogens is 260 g/mol. The molecule has 102 valence electrons. The van der Waals surface area contributed by atoms with Crippen LogP contribution in [0.3, 0.4) is 0 Å². The highest BCUT2D eigenvalue weighted by molar-refractivity contribution is 7.80. The second kappa shape index (κ2) is 5.65. The van der Waals surface area contributed by atoms with Gasteiger partial charge in [-0.05, 0) is 37.5 Å². The van der Waals surface area contributed by atoms with Gasteiger partial charge in [-0.3, -0.25) is 9.59 Å². The maximum absolute atomic E-state index is 12.5. The molecule has 1 fully saturated rings. The molecule has 2 amide bonds. The highest BCUT2D eigenvalue weighted by Gasteiger charge is 2.28. The van der Waals surface area contributed by atoms with Crippen LogP contribution in [0.4, 0.5) is 0 Å². The van der Waals surface area contributed by atoms with Crippen molar-refractivity contribution < 1.29 is 9.59 Å². The molecule has 0 aromatic heterocycles. The van der Waals surface area contributed by atoms with Gasteiger partial charge in [0.1, 0.15) is 0 Å². The van der Waals surface area contributed by atoms with Crippen LogP contribution in [-0.4, -0.2) is 29.8 Å². The molecule has 0 spiro atoms. The third-order valence-corrected chi connectivity index (χ3v) is 3.84. The van der Waals surface area contributed by atoms with Crippen LogP contribution in [0.25, 0.3) is 0 Å². The molecule has 1 saturated heterocycles. The third-order valence-electron chi connectivity index (χ3n) is 3.56. The first-order chi connectivity index (χ1) is 8.99. The zero-order valence-electron chi connectivity index (χ0n) is 10.9. The monoisotopic (exact) mass is 278 g/mol. The first kappa shape index (κ1) is 13.9. The minimum Gasteiger partial charge on any atom is -0.369 e. The summed E-state index contributed by atoms with van der Waals surface area (Å²) in [7, 11) is 0. The standard InChI is InChI=1S/C14H18N2O2S/c1-9-4-5-11(19)7-12(9)14(18)16-6-2-3-10(8-16)13(15)17/h4-5,7,10,19H,2-3,6,8H2,1H3,(H2,15,17). The van der Waals surface area contributed by atoms with Gasteiger partial charge in [-0.15, -0.1) is 12.6 Å². The van der Waals surface area contributed by atoms with Crippen molar-refractivity contribution in [1.29, 1.82) is 0 Å². The predicted molar refractivity (Wildman–Crippen MR) is 76.3 cm³/mol. The van der Waals surface area contributed by atoms with Crippen LogP contribution >= 0.6 is 12.6 Å². The summed E-state index contributed by atoms with van der Waals surface area (Å²) in [4.78, 5) is 26.2. The van der Waals surface area contributed by atoms with Gasteiger partial charge in [0.25, 0.3) is 5.91 Å². The van der Waals surface area contributed by atoms with Gasteiger partial charge < -0.3 is 10.6 Å². The summed E-state index contributed by atoms with van der Waals surface area (Å²) in [6.45, 7) is 3.00. The van der Waals surface area contributed by atoms with Crippen LogP contribution in [0.1, 0.15) is 28.8 Å². The zero-order chi connectivity index (χ0) is 14.0. The van der Waals surface area contributed by atoms with Gasteiger partial charge in [-0.1, -0.05) is 6.07 Å². The molecular formula is C14H18N2O2S. The van der Waals surface area contributed by atoms with Crippen molar-refractivity contribution in [3.63, 3.8) is 0 Å². The fourth-order valence-corrected chi connectivity index (χ4v) is 2.61. The van der Waals surface area contributed by atoms with Crippen molar-refractivity contribution in [3.8, 4) is 0 Å². The van der Waals surface area contributed by atoms with Gasteiger partial charge in [0.15, 0.2) is 0 Å². The summed E-state index contributed by atoms with van der Waals surface area (Å²) in [6, 6.07) is 5.51. The average Bonchev–Trinajstić information content (AvgIpc) is 2.41. The number of primary amides is 1. The van der Waals surface area contributed by atoms with E-state index < -0.39 is 0 Å². The number of carbonyl (C=O) groups excluding carboxylic acids is 2. The van der Waals surface area contributed by atoms with E-state index in [1.165, 1.54) is 0 Å². The number of nitrogens with two attached hydrogens (primary N) is 1. The number of piperidine rings is 1. The zero-order valence-corrected chi connectivity index (χ0v) is 11.8. The largest absolute Gasteiger partial charge is 0.369 e. The van der Waals surface area contributed by atoms with Crippen molar-refractivity contribution >= 4 is 24.4 Å². The van der Waals surface area contributed by atoms with Crippen molar-refractivity contribution in [3.05, 3.63) is 29.3 Å². The van der Waals surface area contributed by atoms with Crippen molar-refractivity contribution in [2.75, 3.05) is 13.1 Å². The van der Waals surface area contributed by atoms with E-state index >= 15 is 0 Å². The molecule has 1 aliphatic rings. The Morgan fingerprint density at radius 2 is 2.16 bits per heavy atom. The smallest absolute Gasteiger partial charge is 0.254 e. The van der Waals surface area contributed by atoms with E-state index in [0.29, 0.717) is 18.7 Å². The van der Waals surface area contributed by atoms with E-state index in [4.69, 9.17) is 5.73 Å². The van der Waals surface area contributed by atoms with Gasteiger partial charge in [-0.2, -0.15) is 0 Å². The number of benzene rings is 1. The van der Waals surface area contributed by atoms with Crippen molar-refractivity contribution in [1.82, 2.24) is 4.90 Å². The number of likely N-dealkylation sites (tertiary alicyclic amines) is 1. The first-order valence-electron chi connectivity index (χ1n) is 6.37. The third kappa shape index (κ3) is 3.10. The molecule has 1 aromatic rings. The predicted octanol–water partition coefficient (Wildman–Crippen LogP) is 1.62. The molecule has 5 heteroatoms. The molecule has 0 aliphatic carbocycles. The number of nitrogens with zero attached hydrogens (tertiary/aromatic N) is 1. The fraction of sp³-hybridized carbons (Fsp3) is 0.429. The lowest BCUT2D eigenvalue weighted by molar-refractivity contribution is -0.123. The van der Waals surface area contributed by atoms with Gasteiger partial charge in [-0.25, -0.2) is 0 Å². The fourth-order valence-electron chi connectivity index (χ4n) is 2.40. The maximum atomic E-state index is 12.5. The van der Waals surface area contributed by atoms with Crippen molar-refractivity contribution in [2.24, 2.45) is 11.7 Å². The Labute approximate surface area is 118 Å². The second-order valence-corrected chi connectivity index (χ2v) is 5.51. The van der Waals surface area contributed by atoms with E-state index in [9.17, 15) is 9.59 Å². The van der Waals surface area contributed by atoms with E-state index in [1.54, 1.807) is 11.0 Å².